The van der Waals surface area contributed by atoms with E-state index in [-0.39, 0.29) is 0 Å². The quantitative estimate of drug-likeness (QED) is 0.876. The average molecular weight is 303 g/mol. The zero-order chi connectivity index (χ0) is 15.4. The van der Waals surface area contributed by atoms with E-state index in [2.05, 4.69) is 25.8 Å². The lowest BCUT2D eigenvalue weighted by Crippen LogP contribution is -2.30. The maximum Gasteiger partial charge on any atom is 0.224 e. The molecule has 1 aliphatic heterocycles. The number of rotatable bonds is 5. The van der Waals surface area contributed by atoms with Gasteiger partial charge in [-0.15, -0.1) is 0 Å². The van der Waals surface area contributed by atoms with Crippen LogP contribution in [0.3, 0.4) is 0 Å². The van der Waals surface area contributed by atoms with E-state index in [9.17, 15) is 0 Å². The summed E-state index contributed by atoms with van der Waals surface area (Å²) in [6.07, 6.45) is 3.93. The fourth-order valence-electron chi connectivity index (χ4n) is 2.51. The second-order valence-electron chi connectivity index (χ2n) is 5.48. The van der Waals surface area contributed by atoms with E-state index in [0.717, 1.165) is 48.9 Å². The molecule has 1 saturated heterocycles. The van der Waals surface area contributed by atoms with Gasteiger partial charge in [0.2, 0.25) is 5.95 Å². The molecule has 0 aliphatic carbocycles. The Balaban J connectivity index is 1.61. The number of aryl methyl sites for hydroxylation is 2. The highest BCUT2D eigenvalue weighted by atomic mass is 16.5. The normalized spacial score (nSPS) is 18.2. The summed E-state index contributed by atoms with van der Waals surface area (Å²) in [4.78, 5) is 8.73. The largest absolute Gasteiger partial charge is 0.379 e. The Morgan fingerprint density at radius 2 is 2.27 bits per heavy atom. The van der Waals surface area contributed by atoms with Crippen molar-refractivity contribution in [2.24, 2.45) is 0 Å². The minimum atomic E-state index is 0.319. The van der Waals surface area contributed by atoms with Crippen LogP contribution < -0.4 is 10.6 Å². The van der Waals surface area contributed by atoms with Crippen LogP contribution in [-0.2, 0) is 11.3 Å². The summed E-state index contributed by atoms with van der Waals surface area (Å²) in [6, 6.07) is 2.19. The molecule has 118 valence electrons. The van der Waals surface area contributed by atoms with E-state index in [0.29, 0.717) is 18.5 Å². The molecule has 3 rings (SSSR count). The first-order chi connectivity index (χ1) is 10.7. The number of anilines is 2. The van der Waals surface area contributed by atoms with E-state index in [1.54, 1.807) is 6.20 Å². The fourth-order valence-corrected chi connectivity index (χ4v) is 2.51. The number of ether oxygens (including phenoxy) is 1. The Morgan fingerprint density at radius 3 is 3.00 bits per heavy atom. The van der Waals surface area contributed by atoms with Gasteiger partial charge in [0.25, 0.3) is 0 Å². The van der Waals surface area contributed by atoms with Crippen LogP contribution in [0.1, 0.15) is 29.9 Å². The van der Waals surface area contributed by atoms with Crippen LogP contribution >= 0.6 is 0 Å². The van der Waals surface area contributed by atoms with Crippen LogP contribution in [0.15, 0.2) is 16.8 Å². The molecule has 2 N–H and O–H groups in total. The van der Waals surface area contributed by atoms with Crippen molar-refractivity contribution >= 4 is 11.8 Å². The first-order valence-electron chi connectivity index (χ1n) is 7.55. The van der Waals surface area contributed by atoms with Crippen LogP contribution in [0.4, 0.5) is 11.8 Å². The van der Waals surface area contributed by atoms with Gasteiger partial charge in [0.05, 0.1) is 18.3 Å². The summed E-state index contributed by atoms with van der Waals surface area (Å²) in [5.74, 6) is 2.21. The molecule has 22 heavy (non-hydrogen) atoms. The molecule has 1 aliphatic rings. The third-order valence-corrected chi connectivity index (χ3v) is 3.77. The van der Waals surface area contributed by atoms with Gasteiger partial charge in [0, 0.05) is 24.9 Å². The highest BCUT2D eigenvalue weighted by Gasteiger charge is 2.14. The lowest BCUT2D eigenvalue weighted by atomic mass is 10.1. The summed E-state index contributed by atoms with van der Waals surface area (Å²) in [6.45, 7) is 6.00. The lowest BCUT2D eigenvalue weighted by molar-refractivity contribution is 0.0875. The molecule has 0 saturated carbocycles. The van der Waals surface area contributed by atoms with Crippen molar-refractivity contribution in [2.45, 2.75) is 39.3 Å². The van der Waals surface area contributed by atoms with E-state index in [1.165, 1.54) is 0 Å². The maximum atomic E-state index is 5.47. The van der Waals surface area contributed by atoms with Crippen LogP contribution in [0.5, 0.6) is 0 Å². The Morgan fingerprint density at radius 1 is 1.36 bits per heavy atom. The molecule has 3 heterocycles. The Bertz CT molecular complexity index is 603. The highest BCUT2D eigenvalue weighted by Crippen LogP contribution is 2.16. The minimum Gasteiger partial charge on any atom is -0.379 e. The first-order valence-corrected chi connectivity index (χ1v) is 7.55. The van der Waals surface area contributed by atoms with E-state index >= 15 is 0 Å². The molecule has 1 atom stereocenters. The van der Waals surface area contributed by atoms with Gasteiger partial charge < -0.3 is 19.9 Å². The molecule has 7 heteroatoms. The average Bonchev–Trinajstić information content (AvgIpc) is 2.85. The second kappa shape index (κ2) is 6.74. The number of nitrogens with one attached hydrogen (secondary N) is 2. The number of aromatic nitrogens is 3. The molecule has 1 fully saturated rings. The fraction of sp³-hybridized carbons (Fsp3) is 0.533. The number of nitrogens with zero attached hydrogens (tertiary/aromatic N) is 3. The van der Waals surface area contributed by atoms with E-state index < -0.39 is 0 Å². The molecule has 0 radical (unpaired) electrons. The highest BCUT2D eigenvalue weighted by molar-refractivity contribution is 5.41. The van der Waals surface area contributed by atoms with Gasteiger partial charge in [-0.1, -0.05) is 5.16 Å². The van der Waals surface area contributed by atoms with Crippen molar-refractivity contribution in [3.63, 3.8) is 0 Å². The van der Waals surface area contributed by atoms with Gasteiger partial charge >= 0.3 is 0 Å². The zero-order valence-electron chi connectivity index (χ0n) is 12.9. The lowest BCUT2D eigenvalue weighted by Gasteiger charge is -2.23. The molecular formula is C15H21N5O2. The van der Waals surface area contributed by atoms with Gasteiger partial charge in [-0.3, -0.25) is 0 Å². The summed E-state index contributed by atoms with van der Waals surface area (Å²) in [5, 5.41) is 10.5. The molecule has 0 amide bonds. The van der Waals surface area contributed by atoms with E-state index in [4.69, 9.17) is 9.26 Å². The first kappa shape index (κ1) is 14.8. The van der Waals surface area contributed by atoms with Crippen LogP contribution in [0.2, 0.25) is 0 Å². The topological polar surface area (TPSA) is 85.1 Å². The summed E-state index contributed by atoms with van der Waals surface area (Å²) < 4.78 is 10.6. The molecule has 0 unspecified atom stereocenters. The summed E-state index contributed by atoms with van der Waals surface area (Å²) >= 11 is 0. The third kappa shape index (κ3) is 3.54. The molecule has 0 aromatic carbocycles. The van der Waals surface area contributed by atoms with E-state index in [1.807, 2.05) is 19.9 Å². The van der Waals surface area contributed by atoms with Gasteiger partial charge in [-0.2, -0.15) is 4.98 Å². The molecule has 2 aromatic rings. The van der Waals surface area contributed by atoms with Crippen molar-refractivity contribution in [1.29, 1.82) is 0 Å². The van der Waals surface area contributed by atoms with Gasteiger partial charge in [-0.25, -0.2) is 4.98 Å². The third-order valence-electron chi connectivity index (χ3n) is 3.77. The monoisotopic (exact) mass is 303 g/mol. The van der Waals surface area contributed by atoms with Crippen LogP contribution in [-0.4, -0.2) is 34.4 Å². The SMILES string of the molecule is Cc1noc(C)c1CNc1nccc(N[C@H]2CCCOC2)n1. The predicted octanol–water partition coefficient (Wildman–Crippen LogP) is 2.28. The second-order valence-corrected chi connectivity index (χ2v) is 5.48. The van der Waals surface area contributed by atoms with Crippen molar-refractivity contribution in [1.82, 2.24) is 15.1 Å². The zero-order valence-corrected chi connectivity index (χ0v) is 12.9. The minimum absolute atomic E-state index is 0.319. The van der Waals surface area contributed by atoms with Crippen molar-refractivity contribution in [2.75, 3.05) is 23.8 Å². The summed E-state index contributed by atoms with van der Waals surface area (Å²) in [5.41, 5.74) is 1.93. The van der Waals surface area contributed by atoms with Crippen molar-refractivity contribution < 1.29 is 9.26 Å². The smallest absolute Gasteiger partial charge is 0.224 e. The van der Waals surface area contributed by atoms with Gasteiger partial charge in [0.15, 0.2) is 0 Å². The Hall–Kier alpha value is -2.15. The molecule has 0 bridgehead atoms. The van der Waals surface area contributed by atoms with Gasteiger partial charge in [-0.05, 0) is 32.8 Å². The Labute approximate surface area is 129 Å². The van der Waals surface area contributed by atoms with Crippen molar-refractivity contribution in [3.05, 3.63) is 29.3 Å². The predicted molar refractivity (Wildman–Crippen MR) is 82.8 cm³/mol. The summed E-state index contributed by atoms with van der Waals surface area (Å²) in [7, 11) is 0. The van der Waals surface area contributed by atoms with Gasteiger partial charge in [0.1, 0.15) is 11.6 Å². The standard InChI is InChI=1S/C15H21N5O2/c1-10-13(11(2)22-20-10)8-17-15-16-6-5-14(19-15)18-12-4-3-7-21-9-12/h5-6,12H,3-4,7-9H2,1-2H3,(H2,16,17,18,19)/t12-/m0/s1. The molecule has 0 spiro atoms. The number of hydrogen-bond donors (Lipinski definition) is 2. The maximum absolute atomic E-state index is 5.47. The Kier molecular flexibility index (Phi) is 4.53. The van der Waals surface area contributed by atoms with Crippen molar-refractivity contribution in [3.8, 4) is 0 Å². The number of hydrogen-bond acceptors (Lipinski definition) is 7. The van der Waals surface area contributed by atoms with Crippen LogP contribution in [0, 0.1) is 13.8 Å². The molecular weight excluding hydrogens is 282 g/mol. The molecule has 2 aromatic heterocycles. The van der Waals surface area contributed by atoms with Crippen LogP contribution in [0.25, 0.3) is 0 Å². The molecule has 7 nitrogen and oxygen atoms in total.